The van der Waals surface area contributed by atoms with Crippen LogP contribution < -0.4 is 4.72 Å². The van der Waals surface area contributed by atoms with Crippen LogP contribution in [0.25, 0.3) is 0 Å². The van der Waals surface area contributed by atoms with Crippen LogP contribution in [0.15, 0.2) is 34.1 Å². The number of hydrogen-bond acceptors (Lipinski definition) is 4. The monoisotopic (exact) mass is 299 g/mol. The molecule has 0 heterocycles. The first-order valence-electron chi connectivity index (χ1n) is 4.40. The summed E-state index contributed by atoms with van der Waals surface area (Å²) >= 11 is 5.34. The Kier molecular flexibility index (Phi) is 4.50. The zero-order chi connectivity index (χ0) is 13.1. The van der Waals surface area contributed by atoms with Crippen LogP contribution in [-0.4, -0.2) is 33.8 Å². The molecule has 0 aliphatic rings. The van der Waals surface area contributed by atoms with Crippen molar-refractivity contribution in [2.45, 2.75) is 9.79 Å². The zero-order valence-corrected chi connectivity index (χ0v) is 10.9. The van der Waals surface area contributed by atoms with Gasteiger partial charge in [0.1, 0.15) is 0 Å². The Morgan fingerprint density at radius 3 is 2.29 bits per heavy atom. The number of benzene rings is 1. The van der Waals surface area contributed by atoms with Gasteiger partial charge in [0, 0.05) is 12.4 Å². The van der Waals surface area contributed by atoms with Crippen LogP contribution in [0.1, 0.15) is 0 Å². The van der Waals surface area contributed by atoms with Gasteiger partial charge in [0.15, 0.2) is 0 Å². The fourth-order valence-electron chi connectivity index (χ4n) is 1.06. The molecule has 0 fully saturated rings. The van der Waals surface area contributed by atoms with Crippen LogP contribution in [-0.2, 0) is 20.1 Å². The number of hydrogen-bond donors (Lipinski definition) is 2. The maximum atomic E-state index is 11.6. The summed E-state index contributed by atoms with van der Waals surface area (Å²) in [4.78, 5) is -0.732. The van der Waals surface area contributed by atoms with Crippen molar-refractivity contribution in [1.82, 2.24) is 4.72 Å². The van der Waals surface area contributed by atoms with Crippen molar-refractivity contribution in [2.24, 2.45) is 0 Å². The standard InChI is InChI=1S/C8H10ClNO5S2/c9-4-5-10-16(11,12)7-2-1-3-8(6-7)17(13,14)15/h1-3,6,10H,4-5H2,(H,13,14,15). The fourth-order valence-corrected chi connectivity index (χ4v) is 2.94. The van der Waals surface area contributed by atoms with Crippen LogP contribution in [0.5, 0.6) is 0 Å². The average Bonchev–Trinajstić information content (AvgIpc) is 2.25. The summed E-state index contributed by atoms with van der Waals surface area (Å²) in [5.41, 5.74) is 0. The van der Waals surface area contributed by atoms with Gasteiger partial charge in [0.2, 0.25) is 10.0 Å². The minimum Gasteiger partial charge on any atom is -0.282 e. The number of alkyl halides is 1. The lowest BCUT2D eigenvalue weighted by Crippen LogP contribution is -2.25. The van der Waals surface area contributed by atoms with Gasteiger partial charge in [-0.05, 0) is 18.2 Å². The first-order chi connectivity index (χ1) is 7.77. The topological polar surface area (TPSA) is 101 Å². The van der Waals surface area contributed by atoms with Crippen molar-refractivity contribution < 1.29 is 21.4 Å². The van der Waals surface area contributed by atoms with Crippen molar-refractivity contribution >= 4 is 31.7 Å². The van der Waals surface area contributed by atoms with Gasteiger partial charge in [0.25, 0.3) is 10.1 Å². The lowest BCUT2D eigenvalue weighted by atomic mass is 10.4. The van der Waals surface area contributed by atoms with Crippen molar-refractivity contribution in [3.05, 3.63) is 24.3 Å². The molecule has 0 radical (unpaired) electrons. The van der Waals surface area contributed by atoms with E-state index >= 15 is 0 Å². The molecular weight excluding hydrogens is 290 g/mol. The second-order valence-electron chi connectivity index (χ2n) is 3.04. The lowest BCUT2D eigenvalue weighted by Gasteiger charge is -2.05. The van der Waals surface area contributed by atoms with Gasteiger partial charge in [0.05, 0.1) is 9.79 Å². The first kappa shape index (κ1) is 14.4. The van der Waals surface area contributed by atoms with E-state index in [1.807, 2.05) is 0 Å². The maximum absolute atomic E-state index is 11.6. The van der Waals surface area contributed by atoms with E-state index in [-0.39, 0.29) is 17.3 Å². The highest BCUT2D eigenvalue weighted by molar-refractivity contribution is 7.89. The van der Waals surface area contributed by atoms with E-state index in [2.05, 4.69) is 4.72 Å². The summed E-state index contributed by atoms with van der Waals surface area (Å²) in [5, 5.41) is 0. The Bertz CT molecular complexity index is 596. The smallest absolute Gasteiger partial charge is 0.282 e. The lowest BCUT2D eigenvalue weighted by molar-refractivity contribution is 0.483. The number of halogens is 1. The Labute approximate surface area is 104 Å². The number of sulfonamides is 1. The van der Waals surface area contributed by atoms with E-state index in [1.54, 1.807) is 0 Å². The van der Waals surface area contributed by atoms with E-state index < -0.39 is 25.0 Å². The third-order valence-electron chi connectivity index (χ3n) is 1.80. The van der Waals surface area contributed by atoms with Crippen LogP contribution in [0, 0.1) is 0 Å². The number of nitrogens with one attached hydrogen (secondary N) is 1. The van der Waals surface area contributed by atoms with Crippen molar-refractivity contribution in [3.8, 4) is 0 Å². The molecule has 0 atom stereocenters. The molecule has 6 nitrogen and oxygen atoms in total. The molecule has 1 aromatic rings. The van der Waals surface area contributed by atoms with Gasteiger partial charge in [-0.2, -0.15) is 8.42 Å². The summed E-state index contributed by atoms with van der Waals surface area (Å²) in [7, 11) is -8.24. The molecule has 9 heteroatoms. The van der Waals surface area contributed by atoms with E-state index in [4.69, 9.17) is 16.2 Å². The van der Waals surface area contributed by atoms with Gasteiger partial charge < -0.3 is 0 Å². The maximum Gasteiger partial charge on any atom is 0.294 e. The van der Waals surface area contributed by atoms with E-state index in [0.29, 0.717) is 0 Å². The second kappa shape index (κ2) is 5.32. The summed E-state index contributed by atoms with van der Waals surface area (Å²) < 4.78 is 55.9. The van der Waals surface area contributed by atoms with E-state index in [9.17, 15) is 16.8 Å². The molecule has 0 saturated heterocycles. The fraction of sp³-hybridized carbons (Fsp3) is 0.250. The molecule has 0 spiro atoms. The highest BCUT2D eigenvalue weighted by Gasteiger charge is 2.17. The Balaban J connectivity index is 3.17. The molecule has 96 valence electrons. The van der Waals surface area contributed by atoms with Crippen LogP contribution >= 0.6 is 11.6 Å². The molecule has 2 N–H and O–H groups in total. The third-order valence-corrected chi connectivity index (χ3v) is 4.30. The molecule has 0 saturated carbocycles. The van der Waals surface area contributed by atoms with Gasteiger partial charge in [-0.3, -0.25) is 4.55 Å². The van der Waals surface area contributed by atoms with Crippen molar-refractivity contribution in [2.75, 3.05) is 12.4 Å². The summed E-state index contributed by atoms with van der Waals surface area (Å²) in [5.74, 6) is 0.0945. The molecular formula is C8H10ClNO5S2. The quantitative estimate of drug-likeness (QED) is 0.607. The van der Waals surface area contributed by atoms with Gasteiger partial charge >= 0.3 is 0 Å². The summed E-state index contributed by atoms with van der Waals surface area (Å²) in [6, 6.07) is 4.39. The molecule has 1 rings (SSSR count). The number of rotatable bonds is 5. The predicted molar refractivity (Wildman–Crippen MR) is 62.2 cm³/mol. The van der Waals surface area contributed by atoms with Gasteiger partial charge in [-0.25, -0.2) is 13.1 Å². The highest BCUT2D eigenvalue weighted by Crippen LogP contribution is 2.15. The second-order valence-corrected chi connectivity index (χ2v) is 6.60. The first-order valence-corrected chi connectivity index (χ1v) is 7.86. The van der Waals surface area contributed by atoms with E-state index in [0.717, 1.165) is 12.1 Å². The van der Waals surface area contributed by atoms with Crippen LogP contribution in [0.3, 0.4) is 0 Å². The van der Waals surface area contributed by atoms with Gasteiger partial charge in [-0.1, -0.05) is 6.07 Å². The SMILES string of the molecule is O=S(=O)(O)c1cccc(S(=O)(=O)NCCCl)c1. The molecule has 0 aliphatic heterocycles. The van der Waals surface area contributed by atoms with Crippen LogP contribution in [0.4, 0.5) is 0 Å². The van der Waals surface area contributed by atoms with E-state index in [1.165, 1.54) is 12.1 Å². The Morgan fingerprint density at radius 1 is 1.18 bits per heavy atom. The highest BCUT2D eigenvalue weighted by atomic mass is 35.5. The predicted octanol–water partition coefficient (Wildman–Crippen LogP) is 0.450. The zero-order valence-electron chi connectivity index (χ0n) is 8.50. The molecule has 1 aromatic carbocycles. The molecule has 17 heavy (non-hydrogen) atoms. The molecule has 0 aliphatic carbocycles. The summed E-state index contributed by atoms with van der Waals surface area (Å²) in [6.45, 7) is 0.0278. The largest absolute Gasteiger partial charge is 0.294 e. The Morgan fingerprint density at radius 2 is 1.76 bits per heavy atom. The van der Waals surface area contributed by atoms with Crippen molar-refractivity contribution in [3.63, 3.8) is 0 Å². The molecule has 0 bridgehead atoms. The minimum atomic E-state index is -4.42. The minimum absolute atomic E-state index is 0.0278. The van der Waals surface area contributed by atoms with Crippen molar-refractivity contribution in [1.29, 1.82) is 0 Å². The molecule has 0 unspecified atom stereocenters. The molecule has 0 amide bonds. The normalized spacial score (nSPS) is 12.6. The molecule has 0 aromatic heterocycles. The Hall–Kier alpha value is -0.670. The third kappa shape index (κ3) is 3.93. The average molecular weight is 300 g/mol. The van der Waals surface area contributed by atoms with Gasteiger partial charge in [-0.15, -0.1) is 11.6 Å². The summed E-state index contributed by atoms with van der Waals surface area (Å²) in [6.07, 6.45) is 0. The van der Waals surface area contributed by atoms with Crippen LogP contribution in [0.2, 0.25) is 0 Å².